The zero-order chi connectivity index (χ0) is 14.0. The molecule has 4 heteroatoms. The molecule has 0 radical (unpaired) electrons. The molecular formula is C15H15BrFNO. The molecule has 0 aliphatic heterocycles. The van der Waals surface area contributed by atoms with Crippen LogP contribution in [-0.4, -0.2) is 0 Å². The Hall–Kier alpha value is -1.39. The molecule has 2 aromatic rings. The second kappa shape index (κ2) is 5.72. The maximum Gasteiger partial charge on any atom is 0.166 e. The third kappa shape index (κ3) is 3.33. The van der Waals surface area contributed by atoms with Crippen LogP contribution in [0.2, 0.25) is 0 Å². The third-order valence-corrected chi connectivity index (χ3v) is 3.73. The lowest BCUT2D eigenvalue weighted by Gasteiger charge is -2.11. The van der Waals surface area contributed by atoms with Gasteiger partial charge in [0.1, 0.15) is 5.75 Å². The van der Waals surface area contributed by atoms with E-state index in [-0.39, 0.29) is 11.8 Å². The first-order valence-corrected chi connectivity index (χ1v) is 6.75. The molecule has 19 heavy (non-hydrogen) atoms. The second-order valence-electron chi connectivity index (χ2n) is 4.49. The SMILES string of the molecule is Cc1cc(Oc2ccc(C(C)N)cc2F)ccc1Br. The van der Waals surface area contributed by atoms with E-state index in [4.69, 9.17) is 10.5 Å². The molecule has 0 heterocycles. The number of hydrogen-bond donors (Lipinski definition) is 1. The fraction of sp³-hybridized carbons (Fsp3) is 0.200. The average Bonchev–Trinajstić information content (AvgIpc) is 2.36. The summed E-state index contributed by atoms with van der Waals surface area (Å²) < 4.78 is 20.4. The number of hydrogen-bond acceptors (Lipinski definition) is 2. The van der Waals surface area contributed by atoms with Crippen molar-refractivity contribution >= 4 is 15.9 Å². The van der Waals surface area contributed by atoms with Crippen LogP contribution in [0.15, 0.2) is 40.9 Å². The Morgan fingerprint density at radius 1 is 1.21 bits per heavy atom. The quantitative estimate of drug-likeness (QED) is 0.887. The van der Waals surface area contributed by atoms with Gasteiger partial charge in [-0.05, 0) is 55.3 Å². The van der Waals surface area contributed by atoms with E-state index in [0.29, 0.717) is 5.75 Å². The van der Waals surface area contributed by atoms with Gasteiger partial charge in [0, 0.05) is 10.5 Å². The van der Waals surface area contributed by atoms with Crippen LogP contribution in [0.25, 0.3) is 0 Å². The molecule has 2 N–H and O–H groups in total. The number of halogens is 2. The molecular weight excluding hydrogens is 309 g/mol. The Morgan fingerprint density at radius 2 is 1.95 bits per heavy atom. The Bertz CT molecular complexity index is 599. The first kappa shape index (κ1) is 14.0. The average molecular weight is 324 g/mol. The fourth-order valence-corrected chi connectivity index (χ4v) is 1.94. The maximum atomic E-state index is 13.9. The molecule has 2 nitrogen and oxygen atoms in total. The van der Waals surface area contributed by atoms with E-state index >= 15 is 0 Å². The fourth-order valence-electron chi connectivity index (χ4n) is 1.69. The zero-order valence-electron chi connectivity index (χ0n) is 10.8. The molecule has 1 unspecified atom stereocenters. The molecule has 0 saturated carbocycles. The predicted octanol–water partition coefficient (Wildman–Crippen LogP) is 4.71. The Balaban J connectivity index is 2.25. The number of benzene rings is 2. The number of ether oxygens (including phenoxy) is 1. The molecule has 0 spiro atoms. The van der Waals surface area contributed by atoms with Crippen LogP contribution in [0, 0.1) is 12.7 Å². The molecule has 0 saturated heterocycles. The first-order chi connectivity index (χ1) is 8.97. The van der Waals surface area contributed by atoms with Gasteiger partial charge < -0.3 is 10.5 Å². The van der Waals surface area contributed by atoms with Crippen LogP contribution < -0.4 is 10.5 Å². The lowest BCUT2D eigenvalue weighted by atomic mass is 10.1. The Labute approximate surface area is 120 Å². The van der Waals surface area contributed by atoms with Crippen LogP contribution in [0.1, 0.15) is 24.1 Å². The van der Waals surface area contributed by atoms with Gasteiger partial charge in [0.2, 0.25) is 0 Å². The molecule has 0 bridgehead atoms. The zero-order valence-corrected chi connectivity index (χ0v) is 12.4. The normalized spacial score (nSPS) is 12.3. The first-order valence-electron chi connectivity index (χ1n) is 5.96. The monoisotopic (exact) mass is 323 g/mol. The highest BCUT2D eigenvalue weighted by molar-refractivity contribution is 9.10. The van der Waals surface area contributed by atoms with Gasteiger partial charge in [0.05, 0.1) is 0 Å². The van der Waals surface area contributed by atoms with Crippen molar-refractivity contribution in [3.63, 3.8) is 0 Å². The number of rotatable bonds is 3. The van der Waals surface area contributed by atoms with E-state index in [9.17, 15) is 4.39 Å². The van der Waals surface area contributed by atoms with Gasteiger partial charge in [0.15, 0.2) is 11.6 Å². The van der Waals surface area contributed by atoms with Crippen LogP contribution >= 0.6 is 15.9 Å². The van der Waals surface area contributed by atoms with Gasteiger partial charge in [-0.15, -0.1) is 0 Å². The van der Waals surface area contributed by atoms with E-state index in [0.717, 1.165) is 15.6 Å². The van der Waals surface area contributed by atoms with E-state index in [1.807, 2.05) is 26.0 Å². The van der Waals surface area contributed by atoms with Crippen molar-refractivity contribution in [2.45, 2.75) is 19.9 Å². The predicted molar refractivity (Wildman–Crippen MR) is 78.0 cm³/mol. The van der Waals surface area contributed by atoms with Crippen LogP contribution in [0.5, 0.6) is 11.5 Å². The lowest BCUT2D eigenvalue weighted by molar-refractivity contribution is 0.441. The Morgan fingerprint density at radius 3 is 2.53 bits per heavy atom. The summed E-state index contributed by atoms with van der Waals surface area (Å²) in [4.78, 5) is 0. The minimum Gasteiger partial charge on any atom is -0.454 e. The van der Waals surface area contributed by atoms with Crippen molar-refractivity contribution in [2.24, 2.45) is 5.73 Å². The van der Waals surface area contributed by atoms with Crippen molar-refractivity contribution < 1.29 is 9.13 Å². The smallest absolute Gasteiger partial charge is 0.166 e. The van der Waals surface area contributed by atoms with Gasteiger partial charge in [-0.3, -0.25) is 0 Å². The molecule has 2 aromatic carbocycles. The highest BCUT2D eigenvalue weighted by Gasteiger charge is 2.08. The molecule has 0 aliphatic carbocycles. The summed E-state index contributed by atoms with van der Waals surface area (Å²) in [6.45, 7) is 3.76. The van der Waals surface area contributed by atoms with Gasteiger partial charge in [-0.25, -0.2) is 4.39 Å². The van der Waals surface area contributed by atoms with E-state index in [2.05, 4.69) is 15.9 Å². The van der Waals surface area contributed by atoms with E-state index in [1.54, 1.807) is 18.2 Å². The summed E-state index contributed by atoms with van der Waals surface area (Å²) in [7, 11) is 0. The summed E-state index contributed by atoms with van der Waals surface area (Å²) in [6, 6.07) is 10.1. The van der Waals surface area contributed by atoms with Crippen LogP contribution in [0.3, 0.4) is 0 Å². The highest BCUT2D eigenvalue weighted by atomic mass is 79.9. The lowest BCUT2D eigenvalue weighted by Crippen LogP contribution is -2.05. The molecule has 0 aromatic heterocycles. The molecule has 2 rings (SSSR count). The highest BCUT2D eigenvalue weighted by Crippen LogP contribution is 2.29. The van der Waals surface area contributed by atoms with E-state index < -0.39 is 5.82 Å². The summed E-state index contributed by atoms with van der Waals surface area (Å²) >= 11 is 3.41. The second-order valence-corrected chi connectivity index (χ2v) is 5.35. The molecule has 0 amide bonds. The minimum absolute atomic E-state index is 0.196. The third-order valence-electron chi connectivity index (χ3n) is 2.84. The van der Waals surface area contributed by atoms with Crippen molar-refractivity contribution in [2.75, 3.05) is 0 Å². The van der Waals surface area contributed by atoms with Gasteiger partial charge >= 0.3 is 0 Å². The number of nitrogens with two attached hydrogens (primary N) is 1. The molecule has 0 fully saturated rings. The molecule has 0 aliphatic rings. The van der Waals surface area contributed by atoms with Gasteiger partial charge in [0.25, 0.3) is 0 Å². The molecule has 1 atom stereocenters. The largest absolute Gasteiger partial charge is 0.454 e. The van der Waals surface area contributed by atoms with Crippen molar-refractivity contribution in [1.82, 2.24) is 0 Å². The summed E-state index contributed by atoms with van der Waals surface area (Å²) in [6.07, 6.45) is 0. The minimum atomic E-state index is -0.407. The van der Waals surface area contributed by atoms with E-state index in [1.165, 1.54) is 6.07 Å². The van der Waals surface area contributed by atoms with Crippen molar-refractivity contribution in [3.05, 3.63) is 57.8 Å². The summed E-state index contributed by atoms with van der Waals surface area (Å²) in [5, 5.41) is 0. The standard InChI is InChI=1S/C15H15BrFNO/c1-9-7-12(4-5-13(9)16)19-15-6-3-11(10(2)18)8-14(15)17/h3-8,10H,18H2,1-2H3. The molecule has 100 valence electrons. The van der Waals surface area contributed by atoms with Crippen molar-refractivity contribution in [1.29, 1.82) is 0 Å². The topological polar surface area (TPSA) is 35.2 Å². The van der Waals surface area contributed by atoms with Gasteiger partial charge in [-0.1, -0.05) is 22.0 Å². The van der Waals surface area contributed by atoms with Crippen LogP contribution in [0.4, 0.5) is 4.39 Å². The van der Waals surface area contributed by atoms with Crippen LogP contribution in [-0.2, 0) is 0 Å². The summed E-state index contributed by atoms with van der Waals surface area (Å²) in [5.74, 6) is 0.398. The number of aryl methyl sites for hydroxylation is 1. The maximum absolute atomic E-state index is 13.9. The van der Waals surface area contributed by atoms with Crippen molar-refractivity contribution in [3.8, 4) is 11.5 Å². The Kier molecular flexibility index (Phi) is 4.22. The summed E-state index contributed by atoms with van der Waals surface area (Å²) in [5.41, 5.74) is 7.49. The van der Waals surface area contributed by atoms with Gasteiger partial charge in [-0.2, -0.15) is 0 Å².